The van der Waals surface area contributed by atoms with Crippen LogP contribution in [0.1, 0.15) is 36.4 Å². The number of carbonyl (C=O) groups is 1. The minimum Gasteiger partial charge on any atom is -0.481 e. The Hall–Kier alpha value is -2.22. The summed E-state index contributed by atoms with van der Waals surface area (Å²) in [5.74, 6) is -0.0990. The van der Waals surface area contributed by atoms with Gasteiger partial charge in [-0.1, -0.05) is 10.4 Å². The highest BCUT2D eigenvalue weighted by Crippen LogP contribution is 2.08. The molecular weight excluding hydrogens is 276 g/mol. The molecule has 2 heterocycles. The molecule has 2 aromatic rings. The first-order valence-electron chi connectivity index (χ1n) is 6.71. The topological polar surface area (TPSA) is 103 Å². The molecule has 114 valence electrons. The van der Waals surface area contributed by atoms with Crippen LogP contribution in [0.4, 0.5) is 0 Å². The lowest BCUT2D eigenvalue weighted by Crippen LogP contribution is -2.00. The Balaban J connectivity index is 1.80. The third-order valence-electron chi connectivity index (χ3n) is 2.88. The number of ether oxygens (including phenoxy) is 1. The lowest BCUT2D eigenvalue weighted by Gasteiger charge is -1.95. The zero-order valence-corrected chi connectivity index (χ0v) is 11.9. The minimum atomic E-state index is -0.767. The zero-order chi connectivity index (χ0) is 15.1. The lowest BCUT2D eigenvalue weighted by atomic mass is 10.1. The number of unbranched alkanes of at least 4 members (excludes halogenated alkanes) is 1. The van der Waals surface area contributed by atoms with Crippen molar-refractivity contribution >= 4 is 5.97 Å². The smallest absolute Gasteiger partial charge is 0.303 e. The van der Waals surface area contributed by atoms with Crippen LogP contribution >= 0.6 is 0 Å². The van der Waals surface area contributed by atoms with Gasteiger partial charge in [-0.2, -0.15) is 0 Å². The Kier molecular flexibility index (Phi) is 5.44. The van der Waals surface area contributed by atoms with Gasteiger partial charge in [0, 0.05) is 25.8 Å². The van der Waals surface area contributed by atoms with Gasteiger partial charge in [0.15, 0.2) is 5.76 Å². The van der Waals surface area contributed by atoms with Crippen molar-refractivity contribution in [2.45, 2.75) is 38.8 Å². The molecule has 2 rings (SSSR count). The van der Waals surface area contributed by atoms with Gasteiger partial charge in [-0.15, -0.1) is 5.10 Å². The highest BCUT2D eigenvalue weighted by molar-refractivity contribution is 5.66. The van der Waals surface area contributed by atoms with E-state index in [1.54, 1.807) is 11.8 Å². The van der Waals surface area contributed by atoms with E-state index >= 15 is 0 Å². The van der Waals surface area contributed by atoms with E-state index in [1.807, 2.05) is 12.3 Å². The molecule has 0 fully saturated rings. The molecule has 0 aromatic carbocycles. The van der Waals surface area contributed by atoms with Gasteiger partial charge < -0.3 is 14.4 Å². The van der Waals surface area contributed by atoms with Crippen LogP contribution < -0.4 is 0 Å². The molecule has 0 spiro atoms. The average molecular weight is 294 g/mol. The predicted molar refractivity (Wildman–Crippen MR) is 71.5 cm³/mol. The number of rotatable bonds is 9. The largest absolute Gasteiger partial charge is 0.481 e. The van der Waals surface area contributed by atoms with Gasteiger partial charge in [0.05, 0.1) is 12.2 Å². The molecule has 0 radical (unpaired) electrons. The highest BCUT2D eigenvalue weighted by Gasteiger charge is 2.07. The predicted octanol–water partition coefficient (Wildman–Crippen LogP) is 1.26. The number of hydrogen-bond donors (Lipinski definition) is 1. The van der Waals surface area contributed by atoms with E-state index in [0.717, 1.165) is 24.2 Å². The van der Waals surface area contributed by atoms with E-state index < -0.39 is 5.97 Å². The molecule has 0 atom stereocenters. The lowest BCUT2D eigenvalue weighted by molar-refractivity contribution is -0.137. The number of carboxylic acids is 1. The number of carboxylic acid groups (broad SMARTS) is 1. The average Bonchev–Trinajstić information content (AvgIpc) is 3.05. The van der Waals surface area contributed by atoms with Crippen LogP contribution in [0.15, 0.2) is 16.8 Å². The van der Waals surface area contributed by atoms with E-state index in [0.29, 0.717) is 25.3 Å². The third-order valence-corrected chi connectivity index (χ3v) is 2.88. The van der Waals surface area contributed by atoms with E-state index in [4.69, 9.17) is 14.4 Å². The van der Waals surface area contributed by atoms with Gasteiger partial charge in [-0.25, -0.2) is 4.68 Å². The molecule has 8 nitrogen and oxygen atoms in total. The summed E-state index contributed by atoms with van der Waals surface area (Å²) in [6.45, 7) is 0.870. The Labute approximate surface area is 121 Å². The van der Waals surface area contributed by atoms with Crippen LogP contribution in [-0.2, 0) is 29.1 Å². The van der Waals surface area contributed by atoms with Crippen molar-refractivity contribution in [3.63, 3.8) is 0 Å². The summed E-state index contributed by atoms with van der Waals surface area (Å²) < 4.78 is 11.7. The fraction of sp³-hybridized carbons (Fsp3) is 0.538. The minimum absolute atomic E-state index is 0.190. The molecule has 0 amide bonds. The molecule has 21 heavy (non-hydrogen) atoms. The second-order valence-electron chi connectivity index (χ2n) is 4.73. The number of aromatic nitrogens is 4. The van der Waals surface area contributed by atoms with Crippen LogP contribution in [0, 0.1) is 0 Å². The van der Waals surface area contributed by atoms with Gasteiger partial charge >= 0.3 is 5.97 Å². The van der Waals surface area contributed by atoms with Crippen molar-refractivity contribution in [1.82, 2.24) is 20.2 Å². The molecule has 0 aliphatic rings. The van der Waals surface area contributed by atoms with Crippen molar-refractivity contribution in [3.8, 4) is 0 Å². The summed E-state index contributed by atoms with van der Waals surface area (Å²) in [5.41, 5.74) is 1.60. The summed E-state index contributed by atoms with van der Waals surface area (Å²) in [4.78, 5) is 10.4. The molecule has 1 N–H and O–H groups in total. The Bertz CT molecular complexity index is 578. The first-order chi connectivity index (χ1) is 10.2. The van der Waals surface area contributed by atoms with Crippen molar-refractivity contribution in [2.24, 2.45) is 0 Å². The number of hydrogen-bond acceptors (Lipinski definition) is 6. The molecular formula is C13H18N4O4. The Morgan fingerprint density at radius 2 is 2.29 bits per heavy atom. The fourth-order valence-corrected chi connectivity index (χ4v) is 1.92. The van der Waals surface area contributed by atoms with Crippen LogP contribution in [0.25, 0.3) is 0 Å². The molecule has 0 aliphatic heterocycles. The van der Waals surface area contributed by atoms with Crippen LogP contribution in [-0.4, -0.2) is 38.3 Å². The second kappa shape index (κ2) is 7.53. The number of methoxy groups -OCH3 is 1. The maximum Gasteiger partial charge on any atom is 0.303 e. The van der Waals surface area contributed by atoms with E-state index in [2.05, 4.69) is 15.5 Å². The summed E-state index contributed by atoms with van der Waals surface area (Å²) in [6, 6.07) is 1.82. The molecule has 0 saturated carbocycles. The first-order valence-corrected chi connectivity index (χ1v) is 6.71. The van der Waals surface area contributed by atoms with Crippen LogP contribution in [0.3, 0.4) is 0 Å². The van der Waals surface area contributed by atoms with Crippen LogP contribution in [0.2, 0.25) is 0 Å². The molecule has 8 heteroatoms. The van der Waals surface area contributed by atoms with Gasteiger partial charge in [0.25, 0.3) is 0 Å². The number of nitrogens with zero attached hydrogens (tertiary/aromatic N) is 4. The standard InChI is InChI=1S/C13H18N4O4/c1-20-9-12-6-11(15-21-12)8-17-7-10(14-16-17)4-2-3-5-13(18)19/h6-7H,2-5,8-9H2,1H3,(H,18,19). The maximum absolute atomic E-state index is 10.4. The first kappa shape index (κ1) is 15.2. The van der Waals surface area contributed by atoms with Gasteiger partial charge in [0.1, 0.15) is 12.3 Å². The summed E-state index contributed by atoms with van der Waals surface area (Å²) in [7, 11) is 1.59. The molecule has 0 bridgehead atoms. The summed E-state index contributed by atoms with van der Waals surface area (Å²) >= 11 is 0. The van der Waals surface area contributed by atoms with Gasteiger partial charge in [0.2, 0.25) is 0 Å². The van der Waals surface area contributed by atoms with Crippen molar-refractivity contribution in [1.29, 1.82) is 0 Å². The normalized spacial score (nSPS) is 10.9. The summed E-state index contributed by atoms with van der Waals surface area (Å²) in [5, 5.41) is 20.6. The zero-order valence-electron chi connectivity index (χ0n) is 11.9. The van der Waals surface area contributed by atoms with Crippen molar-refractivity contribution in [3.05, 3.63) is 29.4 Å². The number of aryl methyl sites for hydroxylation is 1. The molecule has 0 aliphatic carbocycles. The molecule has 0 unspecified atom stereocenters. The maximum atomic E-state index is 10.4. The number of aliphatic carboxylic acids is 1. The van der Waals surface area contributed by atoms with Crippen molar-refractivity contribution in [2.75, 3.05) is 7.11 Å². The Morgan fingerprint density at radius 1 is 1.43 bits per heavy atom. The van der Waals surface area contributed by atoms with E-state index in [1.165, 1.54) is 0 Å². The van der Waals surface area contributed by atoms with Gasteiger partial charge in [-0.3, -0.25) is 4.79 Å². The van der Waals surface area contributed by atoms with Gasteiger partial charge in [-0.05, 0) is 19.3 Å². The second-order valence-corrected chi connectivity index (χ2v) is 4.73. The molecule has 0 saturated heterocycles. The quantitative estimate of drug-likeness (QED) is 0.694. The van der Waals surface area contributed by atoms with Crippen molar-refractivity contribution < 1.29 is 19.2 Å². The monoisotopic (exact) mass is 294 g/mol. The third kappa shape index (κ3) is 4.99. The molecule has 2 aromatic heterocycles. The Morgan fingerprint density at radius 3 is 3.05 bits per heavy atom. The van der Waals surface area contributed by atoms with Crippen LogP contribution in [0.5, 0.6) is 0 Å². The highest BCUT2D eigenvalue weighted by atomic mass is 16.5. The van der Waals surface area contributed by atoms with E-state index in [9.17, 15) is 4.79 Å². The summed E-state index contributed by atoms with van der Waals surface area (Å²) in [6.07, 6.45) is 4.18. The fourth-order valence-electron chi connectivity index (χ4n) is 1.92. The SMILES string of the molecule is COCc1cc(Cn2cc(CCCCC(=O)O)nn2)no1. The van der Waals surface area contributed by atoms with E-state index in [-0.39, 0.29) is 6.42 Å².